The fourth-order valence-electron chi connectivity index (χ4n) is 2.23. The summed E-state index contributed by atoms with van der Waals surface area (Å²) in [5.41, 5.74) is 1.72. The quantitative estimate of drug-likeness (QED) is 0.800. The van der Waals surface area contributed by atoms with Crippen molar-refractivity contribution in [2.45, 2.75) is 13.5 Å². The number of para-hydroxylation sites is 1. The second-order valence-electron chi connectivity index (χ2n) is 4.97. The average Bonchev–Trinajstić information content (AvgIpc) is 2.98. The van der Waals surface area contributed by atoms with E-state index in [0.29, 0.717) is 22.6 Å². The number of hydrogen-bond acceptors (Lipinski definition) is 4. The molecular weight excluding hydrogens is 297 g/mol. The first-order chi connectivity index (χ1) is 11.1. The number of carbonyl (C=O) groups is 1. The molecule has 116 valence electrons. The first-order valence-electron chi connectivity index (χ1n) is 7.02. The van der Waals surface area contributed by atoms with Gasteiger partial charge in [0.15, 0.2) is 5.82 Å². The maximum atomic E-state index is 13.2. The number of hydrogen-bond donors (Lipinski definition) is 1. The smallest absolute Gasteiger partial charge is 0.253 e. The van der Waals surface area contributed by atoms with E-state index in [2.05, 4.69) is 20.8 Å². The number of halogens is 1. The SMILES string of the molecule is Cc1nnnn1-c1ccccc1C(=O)NCc1cccc(F)c1. The Hall–Kier alpha value is -3.09. The van der Waals surface area contributed by atoms with Crippen molar-refractivity contribution in [3.8, 4) is 5.69 Å². The first-order valence-corrected chi connectivity index (χ1v) is 7.02. The predicted molar refractivity (Wildman–Crippen MR) is 81.5 cm³/mol. The highest BCUT2D eigenvalue weighted by molar-refractivity contribution is 5.97. The van der Waals surface area contributed by atoms with E-state index < -0.39 is 0 Å². The predicted octanol–water partition coefficient (Wildman–Crippen LogP) is 2.04. The van der Waals surface area contributed by atoms with Gasteiger partial charge >= 0.3 is 0 Å². The highest BCUT2D eigenvalue weighted by Crippen LogP contribution is 2.14. The zero-order valence-electron chi connectivity index (χ0n) is 12.4. The van der Waals surface area contributed by atoms with Gasteiger partial charge in [-0.15, -0.1) is 5.10 Å². The summed E-state index contributed by atoms with van der Waals surface area (Å²) < 4.78 is 14.7. The minimum atomic E-state index is -0.332. The van der Waals surface area contributed by atoms with E-state index in [4.69, 9.17) is 0 Å². The summed E-state index contributed by atoms with van der Waals surface area (Å²) in [6, 6.07) is 13.1. The monoisotopic (exact) mass is 311 g/mol. The number of tetrazole rings is 1. The summed E-state index contributed by atoms with van der Waals surface area (Å²) in [7, 11) is 0. The number of aryl methyl sites for hydroxylation is 1. The maximum absolute atomic E-state index is 13.2. The molecule has 0 radical (unpaired) electrons. The third-order valence-corrected chi connectivity index (χ3v) is 3.34. The van der Waals surface area contributed by atoms with Crippen LogP contribution in [0.2, 0.25) is 0 Å². The molecule has 1 heterocycles. The molecule has 3 aromatic rings. The Morgan fingerprint density at radius 2 is 2.04 bits per heavy atom. The number of aromatic nitrogens is 4. The molecule has 0 aliphatic heterocycles. The van der Waals surface area contributed by atoms with E-state index >= 15 is 0 Å². The lowest BCUT2D eigenvalue weighted by molar-refractivity contribution is 0.0950. The van der Waals surface area contributed by atoms with Crippen LogP contribution in [0.5, 0.6) is 0 Å². The van der Waals surface area contributed by atoms with Crippen LogP contribution in [0.1, 0.15) is 21.7 Å². The van der Waals surface area contributed by atoms with Gasteiger partial charge in [0.05, 0.1) is 11.3 Å². The van der Waals surface area contributed by atoms with Crippen molar-refractivity contribution in [3.05, 3.63) is 71.3 Å². The number of benzene rings is 2. The van der Waals surface area contributed by atoms with Crippen LogP contribution in [0.4, 0.5) is 4.39 Å². The van der Waals surface area contributed by atoms with Gasteiger partial charge < -0.3 is 5.32 Å². The summed E-state index contributed by atoms with van der Waals surface area (Å²) in [4.78, 5) is 12.4. The molecule has 0 saturated heterocycles. The van der Waals surface area contributed by atoms with Crippen molar-refractivity contribution in [2.75, 3.05) is 0 Å². The van der Waals surface area contributed by atoms with E-state index in [0.717, 1.165) is 0 Å². The van der Waals surface area contributed by atoms with Gasteiger partial charge in [0.1, 0.15) is 5.82 Å². The van der Waals surface area contributed by atoms with Crippen molar-refractivity contribution >= 4 is 5.91 Å². The highest BCUT2D eigenvalue weighted by Gasteiger charge is 2.14. The molecule has 0 aliphatic carbocycles. The van der Waals surface area contributed by atoms with Crippen LogP contribution in [0.15, 0.2) is 48.5 Å². The Kier molecular flexibility index (Phi) is 4.09. The number of carbonyl (C=O) groups excluding carboxylic acids is 1. The third kappa shape index (κ3) is 3.23. The van der Waals surface area contributed by atoms with E-state index in [1.165, 1.54) is 16.8 Å². The molecule has 1 N–H and O–H groups in total. The Bertz CT molecular complexity index is 846. The maximum Gasteiger partial charge on any atom is 0.253 e. The summed E-state index contributed by atoms with van der Waals surface area (Å²) in [6.07, 6.45) is 0. The van der Waals surface area contributed by atoms with E-state index in [1.807, 2.05) is 0 Å². The van der Waals surface area contributed by atoms with Crippen LogP contribution in [0.25, 0.3) is 5.69 Å². The summed E-state index contributed by atoms with van der Waals surface area (Å²) >= 11 is 0. The fourth-order valence-corrected chi connectivity index (χ4v) is 2.23. The van der Waals surface area contributed by atoms with Crippen LogP contribution in [-0.4, -0.2) is 26.1 Å². The molecule has 0 saturated carbocycles. The van der Waals surface area contributed by atoms with Crippen molar-refractivity contribution in [3.63, 3.8) is 0 Å². The van der Waals surface area contributed by atoms with Crippen molar-refractivity contribution in [2.24, 2.45) is 0 Å². The lowest BCUT2D eigenvalue weighted by atomic mass is 10.1. The van der Waals surface area contributed by atoms with E-state index in [9.17, 15) is 9.18 Å². The largest absolute Gasteiger partial charge is 0.348 e. The van der Waals surface area contributed by atoms with Crippen LogP contribution >= 0.6 is 0 Å². The normalized spacial score (nSPS) is 10.5. The van der Waals surface area contributed by atoms with Gasteiger partial charge in [-0.1, -0.05) is 24.3 Å². The summed E-state index contributed by atoms with van der Waals surface area (Å²) in [5, 5.41) is 14.1. The molecule has 0 bridgehead atoms. The van der Waals surface area contributed by atoms with E-state index in [1.54, 1.807) is 43.3 Å². The van der Waals surface area contributed by atoms with Crippen LogP contribution < -0.4 is 5.32 Å². The van der Waals surface area contributed by atoms with Gasteiger partial charge in [0.2, 0.25) is 0 Å². The number of rotatable bonds is 4. The number of nitrogens with zero attached hydrogens (tertiary/aromatic N) is 4. The molecule has 7 heteroatoms. The first kappa shape index (κ1) is 14.8. The fraction of sp³-hybridized carbons (Fsp3) is 0.125. The van der Waals surface area contributed by atoms with Crippen molar-refractivity contribution < 1.29 is 9.18 Å². The Labute approximate surface area is 132 Å². The van der Waals surface area contributed by atoms with Gasteiger partial charge in [-0.2, -0.15) is 4.68 Å². The zero-order valence-corrected chi connectivity index (χ0v) is 12.4. The Morgan fingerprint density at radius 3 is 2.78 bits per heavy atom. The average molecular weight is 311 g/mol. The topological polar surface area (TPSA) is 72.7 Å². The molecule has 6 nitrogen and oxygen atoms in total. The molecule has 0 spiro atoms. The van der Waals surface area contributed by atoms with Crippen molar-refractivity contribution in [1.29, 1.82) is 0 Å². The third-order valence-electron chi connectivity index (χ3n) is 3.34. The number of nitrogens with one attached hydrogen (secondary N) is 1. The Morgan fingerprint density at radius 1 is 1.22 bits per heavy atom. The van der Waals surface area contributed by atoms with Crippen LogP contribution in [0.3, 0.4) is 0 Å². The van der Waals surface area contributed by atoms with Gasteiger partial charge in [-0.25, -0.2) is 4.39 Å². The van der Waals surface area contributed by atoms with Gasteiger partial charge in [0.25, 0.3) is 5.91 Å². The lowest BCUT2D eigenvalue weighted by Crippen LogP contribution is -2.24. The Balaban J connectivity index is 1.82. The van der Waals surface area contributed by atoms with Gasteiger partial charge in [-0.3, -0.25) is 4.79 Å². The molecule has 23 heavy (non-hydrogen) atoms. The minimum absolute atomic E-state index is 0.236. The molecule has 0 unspecified atom stereocenters. The second-order valence-corrected chi connectivity index (χ2v) is 4.97. The highest BCUT2D eigenvalue weighted by atomic mass is 19.1. The standard InChI is InChI=1S/C16H14FN5O/c1-11-19-20-21-22(11)15-8-3-2-7-14(15)16(23)18-10-12-5-4-6-13(17)9-12/h2-9H,10H2,1H3,(H,18,23). The molecule has 0 atom stereocenters. The number of amides is 1. The summed E-state index contributed by atoms with van der Waals surface area (Å²) in [5.74, 6) is -0.0309. The molecule has 0 aliphatic rings. The van der Waals surface area contributed by atoms with Crippen LogP contribution in [-0.2, 0) is 6.54 Å². The molecule has 1 amide bonds. The molecular formula is C16H14FN5O. The summed E-state index contributed by atoms with van der Waals surface area (Å²) in [6.45, 7) is 1.99. The lowest BCUT2D eigenvalue weighted by Gasteiger charge is -2.10. The van der Waals surface area contributed by atoms with Gasteiger partial charge in [0, 0.05) is 6.54 Å². The molecule has 3 rings (SSSR count). The molecule has 1 aromatic heterocycles. The minimum Gasteiger partial charge on any atom is -0.348 e. The van der Waals surface area contributed by atoms with Crippen LogP contribution in [0, 0.1) is 12.7 Å². The van der Waals surface area contributed by atoms with Crippen molar-refractivity contribution in [1.82, 2.24) is 25.5 Å². The molecule has 2 aromatic carbocycles. The van der Waals surface area contributed by atoms with E-state index in [-0.39, 0.29) is 18.3 Å². The zero-order chi connectivity index (χ0) is 16.2. The molecule has 0 fully saturated rings. The van der Waals surface area contributed by atoms with Gasteiger partial charge in [-0.05, 0) is 47.2 Å². The second kappa shape index (κ2) is 6.35.